The van der Waals surface area contributed by atoms with E-state index < -0.39 is 0 Å². The van der Waals surface area contributed by atoms with E-state index in [-0.39, 0.29) is 18.3 Å². The predicted molar refractivity (Wildman–Crippen MR) is 101 cm³/mol. The lowest BCUT2D eigenvalue weighted by Gasteiger charge is -2.17. The number of aromatic hydroxyl groups is 1. The summed E-state index contributed by atoms with van der Waals surface area (Å²) in [5, 5.41) is 9.78. The summed E-state index contributed by atoms with van der Waals surface area (Å²) in [5.74, 6) is 1.53. The first-order chi connectivity index (χ1) is 12.5. The van der Waals surface area contributed by atoms with E-state index >= 15 is 0 Å². The van der Waals surface area contributed by atoms with Gasteiger partial charge in [-0.1, -0.05) is 0 Å². The van der Waals surface area contributed by atoms with Gasteiger partial charge in [0, 0.05) is 19.2 Å². The highest BCUT2D eigenvalue weighted by molar-refractivity contribution is 5.78. The quantitative estimate of drug-likeness (QED) is 0.889. The van der Waals surface area contributed by atoms with Crippen LogP contribution in [-0.2, 0) is 4.79 Å². The van der Waals surface area contributed by atoms with Crippen LogP contribution in [-0.4, -0.2) is 42.7 Å². The fraction of sp³-hybridized carbons (Fsp3) is 0.381. The molecule has 0 radical (unpaired) electrons. The minimum absolute atomic E-state index is 0.0175. The zero-order valence-electron chi connectivity index (χ0n) is 15.5. The number of hydrogen-bond donors (Lipinski definition) is 1. The zero-order chi connectivity index (χ0) is 18.7. The molecule has 0 spiro atoms. The number of nitrogens with zero attached hydrogens (tertiary/aromatic N) is 1. The van der Waals surface area contributed by atoms with Gasteiger partial charge in [0.25, 0.3) is 5.91 Å². The van der Waals surface area contributed by atoms with Gasteiger partial charge in [-0.2, -0.15) is 0 Å². The van der Waals surface area contributed by atoms with Crippen molar-refractivity contribution < 1.29 is 19.4 Å². The van der Waals surface area contributed by atoms with Crippen LogP contribution in [0.25, 0.3) is 11.1 Å². The van der Waals surface area contributed by atoms with Crippen LogP contribution < -0.4 is 9.47 Å². The number of phenols is 1. The summed E-state index contributed by atoms with van der Waals surface area (Å²) in [6.07, 6.45) is 2.13. The second-order valence-electron chi connectivity index (χ2n) is 6.73. The molecule has 1 aliphatic heterocycles. The van der Waals surface area contributed by atoms with Gasteiger partial charge in [-0.15, -0.1) is 0 Å². The second kappa shape index (κ2) is 7.68. The smallest absolute Gasteiger partial charge is 0.260 e. The highest BCUT2D eigenvalue weighted by Crippen LogP contribution is 2.35. The molecular weight excluding hydrogens is 330 g/mol. The number of methoxy groups -OCH3 is 1. The number of carbonyl (C=O) groups excluding carboxylic acids is 1. The number of carbonyl (C=O) groups is 1. The third-order valence-electron chi connectivity index (χ3n) is 4.74. The molecule has 1 amide bonds. The SMILES string of the molecule is COc1cc(OCC(=O)N2CCCC2)cc(-c2c(C)cc(O)cc2C)c1. The molecule has 2 aromatic carbocycles. The van der Waals surface area contributed by atoms with Crippen LogP contribution in [0, 0.1) is 13.8 Å². The van der Waals surface area contributed by atoms with Gasteiger partial charge in [-0.3, -0.25) is 4.79 Å². The number of phenolic OH excluding ortho intramolecular Hbond substituents is 1. The van der Waals surface area contributed by atoms with Gasteiger partial charge in [-0.05, 0) is 73.2 Å². The second-order valence-corrected chi connectivity index (χ2v) is 6.73. The number of amides is 1. The Hall–Kier alpha value is -2.69. The van der Waals surface area contributed by atoms with Crippen LogP contribution >= 0.6 is 0 Å². The standard InChI is InChI=1S/C21H25NO4/c1-14-8-17(23)9-15(2)21(14)16-10-18(25-3)12-19(11-16)26-13-20(24)22-6-4-5-7-22/h8-12,23H,4-7,13H2,1-3H3. The highest BCUT2D eigenvalue weighted by Gasteiger charge is 2.18. The number of rotatable bonds is 5. The lowest BCUT2D eigenvalue weighted by atomic mass is 9.95. The topological polar surface area (TPSA) is 59.0 Å². The van der Waals surface area contributed by atoms with Crippen LogP contribution in [0.4, 0.5) is 0 Å². The van der Waals surface area contributed by atoms with Crippen molar-refractivity contribution in [2.75, 3.05) is 26.8 Å². The molecule has 3 rings (SSSR count). The molecule has 0 aromatic heterocycles. The predicted octanol–water partition coefficient (Wildman–Crippen LogP) is 3.69. The molecule has 1 heterocycles. The van der Waals surface area contributed by atoms with E-state index in [4.69, 9.17) is 9.47 Å². The van der Waals surface area contributed by atoms with Gasteiger partial charge in [-0.25, -0.2) is 0 Å². The molecule has 0 aliphatic carbocycles. The maximum Gasteiger partial charge on any atom is 0.260 e. The van der Waals surface area contributed by atoms with Crippen molar-refractivity contribution >= 4 is 5.91 Å². The third kappa shape index (κ3) is 3.93. The Morgan fingerprint density at radius 1 is 1.04 bits per heavy atom. The van der Waals surface area contributed by atoms with E-state index in [9.17, 15) is 9.90 Å². The maximum absolute atomic E-state index is 12.2. The Bertz CT molecular complexity index is 787. The minimum Gasteiger partial charge on any atom is -0.508 e. The molecule has 2 aromatic rings. The van der Waals surface area contributed by atoms with Crippen LogP contribution in [0.15, 0.2) is 30.3 Å². The summed E-state index contributed by atoms with van der Waals surface area (Å²) in [6, 6.07) is 9.10. The molecule has 1 aliphatic rings. The summed E-state index contributed by atoms with van der Waals surface area (Å²) >= 11 is 0. The summed E-state index contributed by atoms with van der Waals surface area (Å²) < 4.78 is 11.2. The van der Waals surface area contributed by atoms with Crippen LogP contribution in [0.1, 0.15) is 24.0 Å². The van der Waals surface area contributed by atoms with Crippen molar-refractivity contribution in [3.05, 3.63) is 41.5 Å². The molecule has 0 unspecified atom stereocenters. The fourth-order valence-electron chi connectivity index (χ4n) is 3.52. The largest absolute Gasteiger partial charge is 0.508 e. The first-order valence-electron chi connectivity index (χ1n) is 8.88. The van der Waals surface area contributed by atoms with Crippen LogP contribution in [0.5, 0.6) is 17.2 Å². The van der Waals surface area contributed by atoms with E-state index in [1.54, 1.807) is 25.3 Å². The Balaban J connectivity index is 1.86. The molecule has 138 valence electrons. The number of ether oxygens (including phenoxy) is 2. The van der Waals surface area contributed by atoms with Crippen LogP contribution in [0.3, 0.4) is 0 Å². The van der Waals surface area contributed by atoms with Gasteiger partial charge in [0.1, 0.15) is 17.2 Å². The van der Waals surface area contributed by atoms with E-state index in [1.807, 2.05) is 30.9 Å². The van der Waals surface area contributed by atoms with Crippen molar-refractivity contribution in [1.82, 2.24) is 4.90 Å². The number of benzene rings is 2. The lowest BCUT2D eigenvalue weighted by Crippen LogP contribution is -2.32. The average molecular weight is 355 g/mol. The van der Waals surface area contributed by atoms with Crippen molar-refractivity contribution in [2.24, 2.45) is 0 Å². The number of likely N-dealkylation sites (tertiary alicyclic amines) is 1. The third-order valence-corrected chi connectivity index (χ3v) is 4.74. The van der Waals surface area contributed by atoms with Crippen molar-refractivity contribution in [1.29, 1.82) is 0 Å². The minimum atomic E-state index is 0.0175. The number of aryl methyl sites for hydroxylation is 2. The maximum atomic E-state index is 12.2. The molecular formula is C21H25NO4. The van der Waals surface area contributed by atoms with Gasteiger partial charge >= 0.3 is 0 Å². The zero-order valence-corrected chi connectivity index (χ0v) is 15.5. The van der Waals surface area contributed by atoms with Gasteiger partial charge in [0.2, 0.25) is 0 Å². The molecule has 0 saturated carbocycles. The van der Waals surface area contributed by atoms with Crippen molar-refractivity contribution in [3.63, 3.8) is 0 Å². The summed E-state index contributed by atoms with van der Waals surface area (Å²) in [4.78, 5) is 14.1. The van der Waals surface area contributed by atoms with Crippen molar-refractivity contribution in [3.8, 4) is 28.4 Å². The van der Waals surface area contributed by atoms with Gasteiger partial charge in [0.15, 0.2) is 6.61 Å². The van der Waals surface area contributed by atoms with Gasteiger partial charge < -0.3 is 19.5 Å². The molecule has 5 heteroatoms. The van der Waals surface area contributed by atoms with Crippen molar-refractivity contribution in [2.45, 2.75) is 26.7 Å². The lowest BCUT2D eigenvalue weighted by molar-refractivity contribution is -0.132. The Kier molecular flexibility index (Phi) is 5.35. The molecule has 1 N–H and O–H groups in total. The van der Waals surface area contributed by atoms with E-state index in [0.29, 0.717) is 11.5 Å². The molecule has 0 bridgehead atoms. The Morgan fingerprint density at radius 2 is 1.65 bits per heavy atom. The molecule has 1 fully saturated rings. The summed E-state index contributed by atoms with van der Waals surface area (Å²) in [7, 11) is 1.61. The fourth-order valence-corrected chi connectivity index (χ4v) is 3.52. The van der Waals surface area contributed by atoms with E-state index in [2.05, 4.69) is 0 Å². The molecule has 5 nitrogen and oxygen atoms in total. The number of hydrogen-bond acceptors (Lipinski definition) is 4. The normalized spacial score (nSPS) is 13.7. The average Bonchev–Trinajstić information content (AvgIpc) is 3.13. The monoisotopic (exact) mass is 355 g/mol. The van der Waals surface area contributed by atoms with E-state index in [1.165, 1.54) is 0 Å². The molecule has 0 atom stereocenters. The van der Waals surface area contributed by atoms with Crippen LogP contribution in [0.2, 0.25) is 0 Å². The highest BCUT2D eigenvalue weighted by atomic mass is 16.5. The Labute approximate surface area is 154 Å². The summed E-state index contributed by atoms with van der Waals surface area (Å²) in [5.41, 5.74) is 3.89. The van der Waals surface area contributed by atoms with Gasteiger partial charge in [0.05, 0.1) is 7.11 Å². The molecule has 1 saturated heterocycles. The molecule has 26 heavy (non-hydrogen) atoms. The first kappa shape index (κ1) is 18.1. The summed E-state index contributed by atoms with van der Waals surface area (Å²) in [6.45, 7) is 5.58. The first-order valence-corrected chi connectivity index (χ1v) is 8.88. The Morgan fingerprint density at radius 3 is 2.27 bits per heavy atom. The van der Waals surface area contributed by atoms with E-state index in [0.717, 1.165) is 48.2 Å².